The number of carbonyl (C=O) groups is 1. The molecular formula is C15H19ClN2O3. The third-order valence-electron chi connectivity index (χ3n) is 4.03. The molecule has 0 aliphatic carbocycles. The van der Waals surface area contributed by atoms with Crippen molar-refractivity contribution in [1.82, 2.24) is 10.2 Å². The Kier molecular flexibility index (Phi) is 4.45. The number of rotatable bonds is 2. The molecule has 0 bridgehead atoms. The van der Waals surface area contributed by atoms with E-state index in [0.29, 0.717) is 37.7 Å². The number of ether oxygens (including phenoxy) is 1. The Balaban J connectivity index is 1.65. The van der Waals surface area contributed by atoms with Gasteiger partial charge in [-0.1, -0.05) is 23.7 Å². The second-order valence-electron chi connectivity index (χ2n) is 5.55. The lowest BCUT2D eigenvalue weighted by Gasteiger charge is -2.34. The van der Waals surface area contributed by atoms with Gasteiger partial charge in [-0.05, 0) is 24.1 Å². The number of hydrogen-bond acceptors (Lipinski definition) is 4. The molecule has 0 saturated carbocycles. The first-order chi connectivity index (χ1) is 10.1. The van der Waals surface area contributed by atoms with Crippen molar-refractivity contribution < 1.29 is 14.6 Å². The van der Waals surface area contributed by atoms with Crippen LogP contribution in [0.15, 0.2) is 24.3 Å². The lowest BCUT2D eigenvalue weighted by atomic mass is 10.1. The number of carbonyl (C=O) groups excluding carboxylic acids is 1. The molecule has 114 valence electrons. The van der Waals surface area contributed by atoms with E-state index in [-0.39, 0.29) is 18.1 Å². The Hall–Kier alpha value is -1.14. The molecular weight excluding hydrogens is 292 g/mol. The lowest BCUT2D eigenvalue weighted by molar-refractivity contribution is -0.141. The molecule has 2 saturated heterocycles. The molecule has 0 aromatic heterocycles. The largest absolute Gasteiger partial charge is 0.392 e. The second-order valence-corrected chi connectivity index (χ2v) is 5.98. The highest BCUT2D eigenvalue weighted by Crippen LogP contribution is 2.24. The Labute approximate surface area is 128 Å². The third-order valence-corrected chi connectivity index (χ3v) is 4.28. The van der Waals surface area contributed by atoms with E-state index >= 15 is 0 Å². The molecule has 5 nitrogen and oxygen atoms in total. The van der Waals surface area contributed by atoms with Crippen LogP contribution in [0.5, 0.6) is 0 Å². The van der Waals surface area contributed by atoms with Gasteiger partial charge >= 0.3 is 0 Å². The molecule has 2 aliphatic heterocycles. The van der Waals surface area contributed by atoms with Crippen molar-refractivity contribution in [3.63, 3.8) is 0 Å². The summed E-state index contributed by atoms with van der Waals surface area (Å²) in [5.41, 5.74) is 1.02. The molecule has 1 aromatic carbocycles. The molecule has 2 heterocycles. The van der Waals surface area contributed by atoms with Gasteiger partial charge in [0.1, 0.15) is 6.10 Å². The SMILES string of the molecule is O=C([C@@H]1C[C@@H](O)CN1)N1CCO[C@H](c2ccc(Cl)cc2)C1. The Morgan fingerprint density at radius 2 is 2.14 bits per heavy atom. The zero-order valence-electron chi connectivity index (χ0n) is 11.7. The number of morpholine rings is 1. The van der Waals surface area contributed by atoms with Crippen LogP contribution in [0.2, 0.25) is 5.02 Å². The maximum absolute atomic E-state index is 12.5. The number of nitrogens with zero attached hydrogens (tertiary/aromatic N) is 1. The lowest BCUT2D eigenvalue weighted by Crippen LogP contribution is -2.49. The maximum Gasteiger partial charge on any atom is 0.239 e. The smallest absolute Gasteiger partial charge is 0.239 e. The van der Waals surface area contributed by atoms with Crippen LogP contribution in [0.25, 0.3) is 0 Å². The van der Waals surface area contributed by atoms with E-state index in [1.807, 2.05) is 29.2 Å². The number of amides is 1. The molecule has 0 radical (unpaired) electrons. The summed E-state index contributed by atoms with van der Waals surface area (Å²) < 4.78 is 5.76. The van der Waals surface area contributed by atoms with Gasteiger partial charge in [-0.2, -0.15) is 0 Å². The van der Waals surface area contributed by atoms with Crippen molar-refractivity contribution in [3.05, 3.63) is 34.9 Å². The van der Waals surface area contributed by atoms with Gasteiger partial charge in [-0.3, -0.25) is 4.79 Å². The van der Waals surface area contributed by atoms with Crippen molar-refractivity contribution in [2.24, 2.45) is 0 Å². The fraction of sp³-hybridized carbons (Fsp3) is 0.533. The summed E-state index contributed by atoms with van der Waals surface area (Å²) in [6, 6.07) is 7.24. The number of halogens is 1. The number of aliphatic hydroxyl groups is 1. The van der Waals surface area contributed by atoms with Gasteiger partial charge in [0.2, 0.25) is 5.91 Å². The molecule has 0 spiro atoms. The van der Waals surface area contributed by atoms with E-state index in [4.69, 9.17) is 16.3 Å². The predicted molar refractivity (Wildman–Crippen MR) is 79.1 cm³/mol. The maximum atomic E-state index is 12.5. The zero-order valence-corrected chi connectivity index (χ0v) is 12.4. The van der Waals surface area contributed by atoms with Gasteiger partial charge in [0, 0.05) is 18.1 Å². The molecule has 2 N–H and O–H groups in total. The average Bonchev–Trinajstić information content (AvgIpc) is 2.94. The van der Waals surface area contributed by atoms with Crippen molar-refractivity contribution in [2.75, 3.05) is 26.2 Å². The molecule has 0 unspecified atom stereocenters. The minimum Gasteiger partial charge on any atom is -0.392 e. The molecule has 1 aromatic rings. The Bertz CT molecular complexity index is 508. The molecule has 21 heavy (non-hydrogen) atoms. The summed E-state index contributed by atoms with van der Waals surface area (Å²) in [5, 5.41) is 13.3. The summed E-state index contributed by atoms with van der Waals surface area (Å²) >= 11 is 5.89. The van der Waals surface area contributed by atoms with Crippen molar-refractivity contribution >= 4 is 17.5 Å². The normalized spacial score (nSPS) is 29.6. The summed E-state index contributed by atoms with van der Waals surface area (Å²) in [6.07, 6.45) is -0.0553. The summed E-state index contributed by atoms with van der Waals surface area (Å²) in [6.45, 7) is 2.14. The van der Waals surface area contributed by atoms with Crippen LogP contribution < -0.4 is 5.32 Å². The van der Waals surface area contributed by atoms with Gasteiger partial charge in [-0.15, -0.1) is 0 Å². The highest BCUT2D eigenvalue weighted by atomic mass is 35.5. The van der Waals surface area contributed by atoms with Crippen molar-refractivity contribution in [2.45, 2.75) is 24.7 Å². The van der Waals surface area contributed by atoms with Gasteiger partial charge in [0.25, 0.3) is 0 Å². The van der Waals surface area contributed by atoms with Gasteiger partial charge in [-0.25, -0.2) is 0 Å². The number of hydrogen-bond donors (Lipinski definition) is 2. The molecule has 2 aliphatic rings. The Morgan fingerprint density at radius 3 is 2.81 bits per heavy atom. The molecule has 1 amide bonds. The number of nitrogens with one attached hydrogen (secondary N) is 1. The summed E-state index contributed by atoms with van der Waals surface area (Å²) in [4.78, 5) is 14.3. The fourth-order valence-corrected chi connectivity index (χ4v) is 2.98. The fourth-order valence-electron chi connectivity index (χ4n) is 2.85. The Morgan fingerprint density at radius 1 is 1.38 bits per heavy atom. The van der Waals surface area contributed by atoms with E-state index in [2.05, 4.69) is 5.32 Å². The van der Waals surface area contributed by atoms with Gasteiger partial charge in [0.15, 0.2) is 0 Å². The van der Waals surface area contributed by atoms with Crippen molar-refractivity contribution in [3.8, 4) is 0 Å². The second kappa shape index (κ2) is 6.32. The van der Waals surface area contributed by atoms with Gasteiger partial charge in [0.05, 0.1) is 25.3 Å². The number of benzene rings is 1. The number of aliphatic hydroxyl groups excluding tert-OH is 1. The van der Waals surface area contributed by atoms with Crippen LogP contribution in [-0.4, -0.2) is 54.3 Å². The van der Waals surface area contributed by atoms with Crippen LogP contribution in [0.1, 0.15) is 18.1 Å². The van der Waals surface area contributed by atoms with Crippen LogP contribution in [-0.2, 0) is 9.53 Å². The average molecular weight is 311 g/mol. The first kappa shape index (κ1) is 14.8. The molecule has 3 atom stereocenters. The summed E-state index contributed by atoms with van der Waals surface area (Å²) in [5.74, 6) is 0.0498. The first-order valence-corrected chi connectivity index (χ1v) is 7.58. The molecule has 3 rings (SSSR count). The van der Waals surface area contributed by atoms with Crippen LogP contribution in [0.4, 0.5) is 0 Å². The molecule has 2 fully saturated rings. The minimum absolute atomic E-state index is 0.0498. The van der Waals surface area contributed by atoms with E-state index in [1.165, 1.54) is 0 Å². The van der Waals surface area contributed by atoms with E-state index in [9.17, 15) is 9.90 Å². The van der Waals surface area contributed by atoms with E-state index in [0.717, 1.165) is 5.56 Å². The standard InChI is InChI=1S/C15H19ClN2O3/c16-11-3-1-10(2-4-11)14-9-18(5-6-21-14)15(20)13-7-12(19)8-17-13/h1-4,12-14,17,19H,5-9H2/t12-,13+,14+/m1/s1. The minimum atomic E-state index is -0.424. The van der Waals surface area contributed by atoms with Crippen LogP contribution in [0, 0.1) is 0 Å². The van der Waals surface area contributed by atoms with Crippen LogP contribution in [0.3, 0.4) is 0 Å². The van der Waals surface area contributed by atoms with Crippen LogP contribution >= 0.6 is 11.6 Å². The summed E-state index contributed by atoms with van der Waals surface area (Å²) in [7, 11) is 0. The predicted octanol–water partition coefficient (Wildman–Crippen LogP) is 0.963. The van der Waals surface area contributed by atoms with E-state index in [1.54, 1.807) is 0 Å². The topological polar surface area (TPSA) is 61.8 Å². The quantitative estimate of drug-likeness (QED) is 0.854. The third kappa shape index (κ3) is 3.37. The highest BCUT2D eigenvalue weighted by Gasteiger charge is 2.34. The number of β-amino-alcohol motifs (C(OH)–C–C–N with tert-alkyl or cyclic N) is 1. The van der Waals surface area contributed by atoms with E-state index < -0.39 is 6.10 Å². The molecule has 6 heteroatoms. The highest BCUT2D eigenvalue weighted by molar-refractivity contribution is 6.30. The van der Waals surface area contributed by atoms with Crippen molar-refractivity contribution in [1.29, 1.82) is 0 Å². The first-order valence-electron chi connectivity index (χ1n) is 7.21. The van der Waals surface area contributed by atoms with Gasteiger partial charge < -0.3 is 20.1 Å². The zero-order chi connectivity index (χ0) is 14.8. The monoisotopic (exact) mass is 310 g/mol.